The number of ketones is 1. The van der Waals surface area contributed by atoms with Crippen molar-refractivity contribution in [2.24, 2.45) is 0 Å². The first-order valence-corrected chi connectivity index (χ1v) is 11.3. The van der Waals surface area contributed by atoms with E-state index in [0.29, 0.717) is 5.78 Å². The van der Waals surface area contributed by atoms with Crippen LogP contribution in [0.2, 0.25) is 0 Å². The van der Waals surface area contributed by atoms with Crippen LogP contribution < -0.4 is 0 Å². The van der Waals surface area contributed by atoms with Gasteiger partial charge in [0.2, 0.25) is 0 Å². The lowest BCUT2D eigenvalue weighted by Crippen LogP contribution is -2.35. The summed E-state index contributed by atoms with van der Waals surface area (Å²) in [6.45, 7) is 6.85. The number of likely N-dealkylation sites (tertiary alicyclic amines) is 2. The Balaban J connectivity index is 0.000000166. The number of hydrogen-bond donors (Lipinski definition) is 0. The second kappa shape index (κ2) is 12.6. The van der Waals surface area contributed by atoms with Crippen molar-refractivity contribution in [2.45, 2.75) is 44.9 Å². The van der Waals surface area contributed by atoms with Crippen LogP contribution in [-0.2, 0) is 17.6 Å². The fraction of sp³-hybridized carbons (Fsp3) is 0.500. The molecule has 2 heterocycles. The normalized spacial score (nSPS) is 18.1. The summed E-state index contributed by atoms with van der Waals surface area (Å²) >= 11 is 0. The van der Waals surface area contributed by atoms with E-state index in [4.69, 9.17) is 0 Å². The highest BCUT2D eigenvalue weighted by atomic mass is 16.1. The van der Waals surface area contributed by atoms with Gasteiger partial charge in [0.25, 0.3) is 0 Å². The van der Waals surface area contributed by atoms with E-state index in [1.807, 2.05) is 6.07 Å². The fourth-order valence-electron chi connectivity index (χ4n) is 4.07. The molecule has 2 aromatic rings. The largest absolute Gasteiger partial charge is 0.303 e. The van der Waals surface area contributed by atoms with E-state index in [0.717, 1.165) is 38.9 Å². The lowest BCUT2D eigenvalue weighted by atomic mass is 10.1. The molecule has 4 rings (SSSR count). The molecule has 0 saturated carbocycles. The van der Waals surface area contributed by atoms with Gasteiger partial charge in [0.15, 0.2) is 0 Å². The fourth-order valence-corrected chi connectivity index (χ4v) is 4.07. The van der Waals surface area contributed by atoms with Gasteiger partial charge in [-0.3, -0.25) is 4.79 Å². The van der Waals surface area contributed by atoms with Gasteiger partial charge in [-0.05, 0) is 49.9 Å². The van der Waals surface area contributed by atoms with Crippen LogP contribution in [0.5, 0.6) is 0 Å². The number of piperidine rings is 2. The maximum absolute atomic E-state index is 11.1. The van der Waals surface area contributed by atoms with E-state index in [9.17, 15) is 4.79 Å². The molecule has 0 radical (unpaired) electrons. The maximum atomic E-state index is 11.1. The first-order chi connectivity index (χ1) is 14.3. The highest BCUT2D eigenvalue weighted by molar-refractivity contribution is 5.79. The van der Waals surface area contributed by atoms with E-state index in [1.165, 1.54) is 56.4 Å². The molecule has 3 nitrogen and oxygen atoms in total. The molecule has 0 aromatic heterocycles. The summed E-state index contributed by atoms with van der Waals surface area (Å²) in [4.78, 5) is 16.0. The number of benzene rings is 2. The minimum Gasteiger partial charge on any atom is -0.303 e. The van der Waals surface area contributed by atoms with Gasteiger partial charge >= 0.3 is 0 Å². The van der Waals surface area contributed by atoms with Crippen molar-refractivity contribution >= 4 is 5.78 Å². The molecule has 0 spiro atoms. The monoisotopic (exact) mass is 392 g/mol. The van der Waals surface area contributed by atoms with Crippen molar-refractivity contribution < 1.29 is 4.79 Å². The maximum Gasteiger partial charge on any atom is 0.135 e. The number of Topliss-reactive ketones (excluding diaryl/α,β-unsaturated/α-hetero) is 1. The predicted octanol–water partition coefficient (Wildman–Crippen LogP) is 4.61. The third-order valence-corrected chi connectivity index (χ3v) is 5.98. The van der Waals surface area contributed by atoms with E-state index in [-0.39, 0.29) is 0 Å². The smallest absolute Gasteiger partial charge is 0.135 e. The second-order valence-electron chi connectivity index (χ2n) is 8.25. The zero-order chi connectivity index (χ0) is 20.2. The van der Waals surface area contributed by atoms with Gasteiger partial charge in [-0.25, -0.2) is 0 Å². The second-order valence-corrected chi connectivity index (χ2v) is 8.25. The molecule has 156 valence electrons. The predicted molar refractivity (Wildman–Crippen MR) is 121 cm³/mol. The minimum atomic E-state index is 0.422. The van der Waals surface area contributed by atoms with Gasteiger partial charge in [0.1, 0.15) is 5.78 Å². The van der Waals surface area contributed by atoms with Crippen molar-refractivity contribution in [3.8, 4) is 0 Å². The summed E-state index contributed by atoms with van der Waals surface area (Å²) in [5.41, 5.74) is 2.85. The molecule has 2 fully saturated rings. The van der Waals surface area contributed by atoms with Crippen molar-refractivity contribution in [2.75, 3.05) is 39.3 Å². The van der Waals surface area contributed by atoms with Crippen LogP contribution in [0, 0.1) is 0 Å². The SMILES string of the molecule is O=C1CCN(CCc2ccccc2)CC1.c1ccc(CCN2CCCCC2)cc1. The Kier molecular flexibility index (Phi) is 9.41. The van der Waals surface area contributed by atoms with Gasteiger partial charge in [0, 0.05) is 39.0 Å². The Labute approximate surface area is 176 Å². The van der Waals surface area contributed by atoms with Crippen LogP contribution in [0.3, 0.4) is 0 Å². The van der Waals surface area contributed by atoms with E-state index >= 15 is 0 Å². The van der Waals surface area contributed by atoms with Gasteiger partial charge in [-0.1, -0.05) is 67.1 Å². The third-order valence-electron chi connectivity index (χ3n) is 5.98. The lowest BCUT2D eigenvalue weighted by Gasteiger charge is -2.26. The van der Waals surface area contributed by atoms with Crippen LogP contribution in [0.15, 0.2) is 60.7 Å². The zero-order valence-electron chi connectivity index (χ0n) is 17.8. The average Bonchev–Trinajstić information content (AvgIpc) is 2.80. The molecule has 2 saturated heterocycles. The van der Waals surface area contributed by atoms with E-state index < -0.39 is 0 Å². The Morgan fingerprint density at radius 1 is 0.586 bits per heavy atom. The molecular weight excluding hydrogens is 356 g/mol. The highest BCUT2D eigenvalue weighted by Crippen LogP contribution is 2.10. The molecule has 29 heavy (non-hydrogen) atoms. The summed E-state index contributed by atoms with van der Waals surface area (Å²) in [7, 11) is 0. The molecule has 2 aliphatic rings. The Hall–Kier alpha value is -1.97. The summed E-state index contributed by atoms with van der Waals surface area (Å²) in [5.74, 6) is 0.422. The van der Waals surface area contributed by atoms with Crippen molar-refractivity contribution in [3.63, 3.8) is 0 Å². The quantitative estimate of drug-likeness (QED) is 0.717. The number of nitrogens with zero attached hydrogens (tertiary/aromatic N) is 2. The Morgan fingerprint density at radius 3 is 1.52 bits per heavy atom. The number of carbonyl (C=O) groups is 1. The molecular formula is C26H36N2O. The summed E-state index contributed by atoms with van der Waals surface area (Å²) in [5, 5.41) is 0. The Bertz CT molecular complexity index is 685. The number of carbonyl (C=O) groups excluding carboxylic acids is 1. The molecule has 0 amide bonds. The molecule has 0 atom stereocenters. The van der Waals surface area contributed by atoms with Gasteiger partial charge in [-0.2, -0.15) is 0 Å². The first kappa shape index (κ1) is 21.7. The average molecular weight is 393 g/mol. The summed E-state index contributed by atoms with van der Waals surface area (Å²) in [6, 6.07) is 21.3. The molecule has 2 aromatic carbocycles. The Morgan fingerprint density at radius 2 is 1.03 bits per heavy atom. The minimum absolute atomic E-state index is 0.422. The summed E-state index contributed by atoms with van der Waals surface area (Å²) < 4.78 is 0. The number of rotatable bonds is 6. The molecule has 0 N–H and O–H groups in total. The standard InChI is InChI=1S/C13H17NO.C13H19N/c15-13-7-10-14(11-8-13)9-6-12-4-2-1-3-5-12;1-3-7-13(8-4-1)9-12-14-10-5-2-6-11-14/h1-5H,6-11H2;1,3-4,7-8H,2,5-6,9-12H2. The summed E-state index contributed by atoms with van der Waals surface area (Å²) in [6.07, 6.45) is 8.02. The first-order valence-electron chi connectivity index (χ1n) is 11.3. The molecule has 0 unspecified atom stereocenters. The van der Waals surface area contributed by atoms with Crippen LogP contribution in [0.4, 0.5) is 0 Å². The van der Waals surface area contributed by atoms with Gasteiger partial charge in [0.05, 0.1) is 0 Å². The molecule has 3 heteroatoms. The van der Waals surface area contributed by atoms with Gasteiger partial charge in [-0.15, -0.1) is 0 Å². The van der Waals surface area contributed by atoms with Crippen LogP contribution in [0.1, 0.15) is 43.2 Å². The molecule has 0 bridgehead atoms. The van der Waals surface area contributed by atoms with E-state index in [1.54, 1.807) is 0 Å². The van der Waals surface area contributed by atoms with Crippen LogP contribution in [-0.4, -0.2) is 54.9 Å². The lowest BCUT2D eigenvalue weighted by molar-refractivity contribution is -0.121. The topological polar surface area (TPSA) is 23.6 Å². The van der Waals surface area contributed by atoms with Crippen LogP contribution >= 0.6 is 0 Å². The van der Waals surface area contributed by atoms with Crippen molar-refractivity contribution in [1.82, 2.24) is 9.80 Å². The van der Waals surface area contributed by atoms with Gasteiger partial charge < -0.3 is 9.80 Å². The number of hydrogen-bond acceptors (Lipinski definition) is 3. The van der Waals surface area contributed by atoms with E-state index in [2.05, 4.69) is 64.4 Å². The van der Waals surface area contributed by atoms with Crippen molar-refractivity contribution in [1.29, 1.82) is 0 Å². The van der Waals surface area contributed by atoms with Crippen molar-refractivity contribution in [3.05, 3.63) is 71.8 Å². The zero-order valence-corrected chi connectivity index (χ0v) is 17.8. The van der Waals surface area contributed by atoms with Crippen LogP contribution in [0.25, 0.3) is 0 Å². The highest BCUT2D eigenvalue weighted by Gasteiger charge is 2.15. The molecule has 0 aliphatic carbocycles. The molecule has 2 aliphatic heterocycles. The third kappa shape index (κ3) is 8.51.